The number of hydrogen-bond acceptors (Lipinski definition) is 4. The Hall–Kier alpha value is -2.24. The molecule has 0 saturated carbocycles. The Morgan fingerprint density at radius 2 is 1.93 bits per heavy atom. The van der Waals surface area contributed by atoms with Gasteiger partial charge in [-0.3, -0.25) is 9.69 Å². The first-order valence-electron chi connectivity index (χ1n) is 9.81. The third-order valence-electron chi connectivity index (χ3n) is 5.30. The van der Waals surface area contributed by atoms with Gasteiger partial charge in [-0.05, 0) is 43.1 Å². The number of carbonyl (C=O) groups is 1. The summed E-state index contributed by atoms with van der Waals surface area (Å²) in [5.41, 5.74) is 1.11. The van der Waals surface area contributed by atoms with Crippen molar-refractivity contribution in [1.29, 1.82) is 0 Å². The topological polar surface area (TPSA) is 50.8 Å². The molecule has 6 heteroatoms. The van der Waals surface area contributed by atoms with Crippen molar-refractivity contribution in [2.45, 2.75) is 25.5 Å². The van der Waals surface area contributed by atoms with Crippen molar-refractivity contribution in [1.82, 2.24) is 10.2 Å². The first-order valence-corrected chi connectivity index (χ1v) is 10.2. The molecule has 2 aliphatic heterocycles. The van der Waals surface area contributed by atoms with Gasteiger partial charge >= 0.3 is 0 Å². The second kappa shape index (κ2) is 8.84. The van der Waals surface area contributed by atoms with Crippen molar-refractivity contribution in [2.24, 2.45) is 5.92 Å². The molecule has 1 fully saturated rings. The molecule has 4 rings (SSSR count). The Kier molecular flexibility index (Phi) is 6.03. The highest BCUT2D eigenvalue weighted by Gasteiger charge is 2.27. The standard InChI is InChI=1S/C22H25ClN2O3/c23-19-8-2-1-6-16(19)13-25-11-5-7-17(14-25)22(26)24-12-18-15-27-20-9-3-4-10-21(20)28-18/h1-4,6,8-10,17-18H,5,7,11-15H2,(H,24,26)/t17-,18+/m0/s1. The molecule has 0 aliphatic carbocycles. The first-order chi connectivity index (χ1) is 13.7. The maximum Gasteiger partial charge on any atom is 0.224 e. The Balaban J connectivity index is 1.27. The normalized spacial score (nSPS) is 21.9. The Morgan fingerprint density at radius 3 is 2.79 bits per heavy atom. The van der Waals surface area contributed by atoms with E-state index in [-0.39, 0.29) is 17.9 Å². The number of fused-ring (bicyclic) bond motifs is 1. The fourth-order valence-corrected chi connectivity index (χ4v) is 4.00. The molecule has 5 nitrogen and oxygen atoms in total. The van der Waals surface area contributed by atoms with Crippen LogP contribution in [0.2, 0.25) is 5.02 Å². The molecule has 0 spiro atoms. The van der Waals surface area contributed by atoms with E-state index in [1.807, 2.05) is 48.5 Å². The molecule has 148 valence electrons. The molecule has 2 aliphatic rings. The van der Waals surface area contributed by atoms with E-state index in [9.17, 15) is 4.79 Å². The molecule has 2 aromatic carbocycles. The number of nitrogens with one attached hydrogen (secondary N) is 1. The minimum Gasteiger partial charge on any atom is -0.486 e. The summed E-state index contributed by atoms with van der Waals surface area (Å²) < 4.78 is 11.6. The Labute approximate surface area is 170 Å². The van der Waals surface area contributed by atoms with Crippen molar-refractivity contribution in [3.8, 4) is 11.5 Å². The summed E-state index contributed by atoms with van der Waals surface area (Å²) in [6.45, 7) is 3.42. The summed E-state index contributed by atoms with van der Waals surface area (Å²) in [6, 6.07) is 15.5. The highest BCUT2D eigenvalue weighted by Crippen LogP contribution is 2.30. The van der Waals surface area contributed by atoms with Gasteiger partial charge in [0.15, 0.2) is 11.5 Å². The van der Waals surface area contributed by atoms with Crippen LogP contribution in [0.25, 0.3) is 0 Å². The van der Waals surface area contributed by atoms with Crippen LogP contribution < -0.4 is 14.8 Å². The summed E-state index contributed by atoms with van der Waals surface area (Å²) in [5, 5.41) is 3.83. The molecule has 1 saturated heterocycles. The zero-order valence-electron chi connectivity index (χ0n) is 15.8. The molecule has 2 aromatic rings. The lowest BCUT2D eigenvalue weighted by Crippen LogP contribution is -2.46. The molecule has 0 radical (unpaired) electrons. The Morgan fingerprint density at radius 1 is 1.14 bits per heavy atom. The number of amides is 1. The molecule has 0 bridgehead atoms. The van der Waals surface area contributed by atoms with Crippen molar-refractivity contribution in [3.63, 3.8) is 0 Å². The smallest absolute Gasteiger partial charge is 0.224 e. The van der Waals surface area contributed by atoms with Crippen molar-refractivity contribution in [3.05, 3.63) is 59.1 Å². The minimum atomic E-state index is -0.165. The van der Waals surface area contributed by atoms with E-state index < -0.39 is 0 Å². The summed E-state index contributed by atoms with van der Waals surface area (Å²) >= 11 is 6.28. The van der Waals surface area contributed by atoms with Crippen LogP contribution in [0.1, 0.15) is 18.4 Å². The third kappa shape index (κ3) is 4.59. The van der Waals surface area contributed by atoms with E-state index >= 15 is 0 Å². The van der Waals surface area contributed by atoms with Gasteiger partial charge in [-0.1, -0.05) is 41.9 Å². The summed E-state index contributed by atoms with van der Waals surface area (Å²) in [5.74, 6) is 1.57. The van der Waals surface area contributed by atoms with Crippen LogP contribution >= 0.6 is 11.6 Å². The molecule has 1 N–H and O–H groups in total. The highest BCUT2D eigenvalue weighted by atomic mass is 35.5. The quantitative estimate of drug-likeness (QED) is 0.834. The van der Waals surface area contributed by atoms with Crippen molar-refractivity contribution in [2.75, 3.05) is 26.2 Å². The molecule has 2 heterocycles. The van der Waals surface area contributed by atoms with Crippen LogP contribution in [0.4, 0.5) is 0 Å². The van der Waals surface area contributed by atoms with Gasteiger partial charge in [-0.25, -0.2) is 0 Å². The average molecular weight is 401 g/mol. The molecule has 1 amide bonds. The number of para-hydroxylation sites is 2. The number of carbonyl (C=O) groups excluding carboxylic acids is 1. The van der Waals surface area contributed by atoms with Gasteiger partial charge in [0, 0.05) is 18.1 Å². The lowest BCUT2D eigenvalue weighted by Gasteiger charge is -2.33. The second-order valence-electron chi connectivity index (χ2n) is 7.41. The fraction of sp³-hybridized carbons (Fsp3) is 0.409. The monoisotopic (exact) mass is 400 g/mol. The largest absolute Gasteiger partial charge is 0.486 e. The molecule has 28 heavy (non-hydrogen) atoms. The van der Waals surface area contributed by atoms with Gasteiger partial charge < -0.3 is 14.8 Å². The number of benzene rings is 2. The highest BCUT2D eigenvalue weighted by molar-refractivity contribution is 6.31. The maximum absolute atomic E-state index is 12.7. The maximum atomic E-state index is 12.7. The number of halogens is 1. The van der Waals surface area contributed by atoms with E-state index in [0.717, 1.165) is 54.6 Å². The minimum absolute atomic E-state index is 0.00645. The SMILES string of the molecule is O=C(NC[C@@H]1COc2ccccc2O1)[C@H]1CCCN(Cc2ccccc2Cl)C1. The number of ether oxygens (including phenoxy) is 2. The summed E-state index contributed by atoms with van der Waals surface area (Å²) in [6.07, 6.45) is 1.76. The predicted molar refractivity (Wildman–Crippen MR) is 109 cm³/mol. The lowest BCUT2D eigenvalue weighted by molar-refractivity contribution is -0.127. The van der Waals surface area contributed by atoms with Gasteiger partial charge in [-0.2, -0.15) is 0 Å². The first kappa shape index (κ1) is 19.1. The van der Waals surface area contributed by atoms with Crippen molar-refractivity contribution < 1.29 is 14.3 Å². The molecular formula is C22H25ClN2O3. The van der Waals surface area contributed by atoms with Crippen LogP contribution in [0.3, 0.4) is 0 Å². The number of rotatable bonds is 5. The molecule has 2 atom stereocenters. The van der Waals surface area contributed by atoms with E-state index in [1.165, 1.54) is 0 Å². The Bertz CT molecular complexity index is 829. The summed E-state index contributed by atoms with van der Waals surface area (Å²) in [7, 11) is 0. The van der Waals surface area contributed by atoms with Gasteiger partial charge in [0.25, 0.3) is 0 Å². The third-order valence-corrected chi connectivity index (χ3v) is 5.67. The van der Waals surface area contributed by atoms with Gasteiger partial charge in [0.05, 0.1) is 12.5 Å². The number of piperidine rings is 1. The van der Waals surface area contributed by atoms with Crippen LogP contribution in [0, 0.1) is 5.92 Å². The van der Waals surface area contributed by atoms with Crippen molar-refractivity contribution >= 4 is 17.5 Å². The average Bonchev–Trinajstić information content (AvgIpc) is 2.74. The summed E-state index contributed by atoms with van der Waals surface area (Å²) in [4.78, 5) is 15.0. The van der Waals surface area contributed by atoms with Crippen LogP contribution in [-0.2, 0) is 11.3 Å². The van der Waals surface area contributed by atoms with E-state index in [1.54, 1.807) is 0 Å². The molecule has 0 aromatic heterocycles. The number of nitrogens with zero attached hydrogens (tertiary/aromatic N) is 1. The molecule has 0 unspecified atom stereocenters. The van der Waals surface area contributed by atoms with Crippen LogP contribution in [-0.4, -0.2) is 43.2 Å². The predicted octanol–water partition coefficient (Wildman–Crippen LogP) is 3.51. The van der Waals surface area contributed by atoms with Gasteiger partial charge in [0.2, 0.25) is 5.91 Å². The number of likely N-dealkylation sites (tertiary alicyclic amines) is 1. The van der Waals surface area contributed by atoms with Gasteiger partial charge in [0.1, 0.15) is 12.7 Å². The van der Waals surface area contributed by atoms with Crippen LogP contribution in [0.5, 0.6) is 11.5 Å². The van der Waals surface area contributed by atoms with E-state index in [4.69, 9.17) is 21.1 Å². The second-order valence-corrected chi connectivity index (χ2v) is 7.82. The van der Waals surface area contributed by atoms with E-state index in [2.05, 4.69) is 10.2 Å². The van der Waals surface area contributed by atoms with Crippen LogP contribution in [0.15, 0.2) is 48.5 Å². The molecular weight excluding hydrogens is 376 g/mol. The zero-order valence-corrected chi connectivity index (χ0v) is 16.5. The fourth-order valence-electron chi connectivity index (χ4n) is 3.80. The number of hydrogen-bond donors (Lipinski definition) is 1. The zero-order chi connectivity index (χ0) is 19.3. The van der Waals surface area contributed by atoms with E-state index in [0.29, 0.717) is 13.2 Å². The van der Waals surface area contributed by atoms with Gasteiger partial charge in [-0.15, -0.1) is 0 Å². The lowest BCUT2D eigenvalue weighted by atomic mass is 9.96.